The van der Waals surface area contributed by atoms with Crippen molar-refractivity contribution < 1.29 is 28.7 Å². The molecule has 2 aliphatic rings. The maximum absolute atomic E-state index is 12.6. The van der Waals surface area contributed by atoms with E-state index >= 15 is 0 Å². The predicted octanol–water partition coefficient (Wildman–Crippen LogP) is 2.28. The number of carbonyl (C=O) groups is 4. The Bertz CT molecular complexity index is 832. The second-order valence-corrected chi connectivity index (χ2v) is 7.07. The van der Waals surface area contributed by atoms with E-state index in [0.29, 0.717) is 29.7 Å². The van der Waals surface area contributed by atoms with Gasteiger partial charge in [0.05, 0.1) is 18.9 Å². The summed E-state index contributed by atoms with van der Waals surface area (Å²) in [5.41, 5.74) is 1.01. The molecule has 0 radical (unpaired) electrons. The first kappa shape index (κ1) is 19.8. The lowest BCUT2D eigenvalue weighted by Crippen LogP contribution is -2.44. The first-order valence-electron chi connectivity index (χ1n) is 9.21. The van der Waals surface area contributed by atoms with E-state index < -0.39 is 12.0 Å². The van der Waals surface area contributed by atoms with Crippen molar-refractivity contribution in [1.29, 1.82) is 0 Å². The number of ether oxygens (including phenoxy) is 2. The monoisotopic (exact) mass is 385 g/mol. The fraction of sp³-hybridized carbons (Fsp3) is 0.429. The highest BCUT2D eigenvalue weighted by Gasteiger charge is 2.50. The molecule has 0 bridgehead atoms. The second-order valence-electron chi connectivity index (χ2n) is 7.07. The number of amides is 2. The van der Waals surface area contributed by atoms with E-state index in [1.807, 2.05) is 12.2 Å². The molecule has 2 amide bonds. The molecule has 1 saturated heterocycles. The van der Waals surface area contributed by atoms with Crippen LogP contribution in [-0.4, -0.2) is 41.6 Å². The van der Waals surface area contributed by atoms with Gasteiger partial charge in [0.1, 0.15) is 18.4 Å². The highest BCUT2D eigenvalue weighted by Crippen LogP contribution is 2.36. The Labute approximate surface area is 163 Å². The van der Waals surface area contributed by atoms with Crippen LogP contribution in [0.1, 0.15) is 42.6 Å². The number of Topliss-reactive ketones (excluding diaryl/α,β-unsaturated/α-hetero) is 1. The van der Waals surface area contributed by atoms with Crippen molar-refractivity contribution in [3.05, 3.63) is 41.5 Å². The highest BCUT2D eigenvalue weighted by atomic mass is 16.5. The molecule has 1 aromatic rings. The average Bonchev–Trinajstić information content (AvgIpc) is 2.96. The van der Waals surface area contributed by atoms with Crippen LogP contribution < -0.4 is 4.74 Å². The fourth-order valence-corrected chi connectivity index (χ4v) is 3.69. The Kier molecular flexibility index (Phi) is 5.63. The Hall–Kier alpha value is -2.96. The van der Waals surface area contributed by atoms with Gasteiger partial charge < -0.3 is 9.47 Å². The Morgan fingerprint density at radius 2 is 1.75 bits per heavy atom. The van der Waals surface area contributed by atoms with Gasteiger partial charge in [-0.15, -0.1) is 0 Å². The van der Waals surface area contributed by atoms with Crippen molar-refractivity contribution in [3.63, 3.8) is 0 Å². The van der Waals surface area contributed by atoms with Crippen LogP contribution in [0, 0.1) is 11.8 Å². The topological polar surface area (TPSA) is 90.0 Å². The third-order valence-corrected chi connectivity index (χ3v) is 5.33. The van der Waals surface area contributed by atoms with Gasteiger partial charge in [-0.2, -0.15) is 0 Å². The molecule has 1 aliphatic carbocycles. The van der Waals surface area contributed by atoms with Crippen LogP contribution in [0.5, 0.6) is 5.75 Å². The van der Waals surface area contributed by atoms with Crippen LogP contribution in [0.15, 0.2) is 30.4 Å². The van der Waals surface area contributed by atoms with E-state index in [4.69, 9.17) is 9.47 Å². The molecule has 0 N–H and O–H groups in total. The largest absolute Gasteiger partial charge is 0.496 e. The standard InChI is InChI=1S/C21H23NO6/c1-12(22-19(24)16-6-4-5-7-17(16)20(22)25)21(26)28-11-15-10-14(13(2)23)8-9-18(15)27-3/h4-5,8-10,12,16-17H,6-7,11H2,1-3H3/t12-,16+,17+/m0/s1. The summed E-state index contributed by atoms with van der Waals surface area (Å²) < 4.78 is 10.6. The van der Waals surface area contributed by atoms with E-state index in [1.54, 1.807) is 18.2 Å². The minimum atomic E-state index is -1.01. The molecule has 148 valence electrons. The van der Waals surface area contributed by atoms with Gasteiger partial charge in [-0.1, -0.05) is 12.2 Å². The minimum absolute atomic E-state index is 0.118. The lowest BCUT2D eigenvalue weighted by Gasteiger charge is -2.22. The number of fused-ring (bicyclic) bond motifs is 1. The number of likely N-dealkylation sites (tertiary alicyclic amines) is 1. The van der Waals surface area contributed by atoms with Crippen molar-refractivity contribution in [1.82, 2.24) is 4.90 Å². The van der Waals surface area contributed by atoms with Gasteiger partial charge in [0.2, 0.25) is 11.8 Å². The Balaban J connectivity index is 1.70. The molecule has 1 heterocycles. The number of hydrogen-bond donors (Lipinski definition) is 0. The zero-order valence-electron chi connectivity index (χ0n) is 16.1. The van der Waals surface area contributed by atoms with Crippen LogP contribution in [0.2, 0.25) is 0 Å². The summed E-state index contributed by atoms with van der Waals surface area (Å²) in [4.78, 5) is 50.3. The van der Waals surface area contributed by atoms with E-state index in [9.17, 15) is 19.2 Å². The normalized spacial score (nSPS) is 22.0. The molecule has 0 unspecified atom stereocenters. The first-order valence-corrected chi connectivity index (χ1v) is 9.21. The van der Waals surface area contributed by atoms with E-state index in [1.165, 1.54) is 21.0 Å². The smallest absolute Gasteiger partial charge is 0.329 e. The van der Waals surface area contributed by atoms with Crippen molar-refractivity contribution >= 4 is 23.6 Å². The van der Waals surface area contributed by atoms with Gasteiger partial charge in [0.25, 0.3) is 0 Å². The number of hydrogen-bond acceptors (Lipinski definition) is 6. The molecule has 1 fully saturated rings. The van der Waals surface area contributed by atoms with Gasteiger partial charge >= 0.3 is 5.97 Å². The highest BCUT2D eigenvalue weighted by molar-refractivity contribution is 6.08. The number of imide groups is 1. The third kappa shape index (κ3) is 3.56. The Morgan fingerprint density at radius 1 is 1.14 bits per heavy atom. The fourth-order valence-electron chi connectivity index (χ4n) is 3.69. The number of esters is 1. The molecule has 3 atom stereocenters. The number of ketones is 1. The van der Waals surface area contributed by atoms with Gasteiger partial charge in [-0.3, -0.25) is 19.3 Å². The summed E-state index contributed by atoms with van der Waals surface area (Å²) in [6, 6.07) is 3.86. The number of rotatable bonds is 6. The van der Waals surface area contributed by atoms with Crippen molar-refractivity contribution in [3.8, 4) is 5.75 Å². The first-order chi connectivity index (χ1) is 13.3. The number of allylic oxidation sites excluding steroid dienone is 2. The molecule has 0 aromatic heterocycles. The lowest BCUT2D eigenvalue weighted by atomic mass is 9.85. The zero-order chi connectivity index (χ0) is 20.4. The lowest BCUT2D eigenvalue weighted by molar-refractivity contribution is -0.159. The number of methoxy groups -OCH3 is 1. The molecule has 1 aliphatic heterocycles. The summed E-state index contributed by atoms with van der Waals surface area (Å²) >= 11 is 0. The van der Waals surface area contributed by atoms with Gasteiger partial charge in [-0.25, -0.2) is 4.79 Å². The van der Waals surface area contributed by atoms with E-state index in [2.05, 4.69) is 0 Å². The molecule has 28 heavy (non-hydrogen) atoms. The van der Waals surface area contributed by atoms with Crippen LogP contribution in [0.4, 0.5) is 0 Å². The van der Waals surface area contributed by atoms with E-state index in [-0.39, 0.29) is 36.0 Å². The quantitative estimate of drug-likeness (QED) is 0.323. The number of nitrogens with zero attached hydrogens (tertiary/aromatic N) is 1. The second kappa shape index (κ2) is 7.96. The summed E-state index contributed by atoms with van der Waals surface area (Å²) in [6.45, 7) is 2.81. The molecular weight excluding hydrogens is 362 g/mol. The van der Waals surface area contributed by atoms with Gasteiger partial charge in [0.15, 0.2) is 5.78 Å². The molecular formula is C21H23NO6. The molecule has 7 nitrogen and oxygen atoms in total. The van der Waals surface area contributed by atoms with Crippen LogP contribution >= 0.6 is 0 Å². The van der Waals surface area contributed by atoms with Crippen molar-refractivity contribution in [2.24, 2.45) is 11.8 Å². The molecule has 7 heteroatoms. The van der Waals surface area contributed by atoms with Crippen LogP contribution in [0.25, 0.3) is 0 Å². The number of carbonyl (C=O) groups excluding carboxylic acids is 4. The maximum Gasteiger partial charge on any atom is 0.329 e. The minimum Gasteiger partial charge on any atom is -0.496 e. The average molecular weight is 385 g/mol. The van der Waals surface area contributed by atoms with Crippen molar-refractivity contribution in [2.45, 2.75) is 39.3 Å². The number of benzene rings is 1. The maximum atomic E-state index is 12.6. The molecule has 3 rings (SSSR count). The Morgan fingerprint density at radius 3 is 2.29 bits per heavy atom. The van der Waals surface area contributed by atoms with Crippen molar-refractivity contribution in [2.75, 3.05) is 7.11 Å². The van der Waals surface area contributed by atoms with Crippen LogP contribution in [0.3, 0.4) is 0 Å². The molecule has 0 spiro atoms. The summed E-state index contributed by atoms with van der Waals surface area (Å²) in [6.07, 6.45) is 4.82. The SMILES string of the molecule is COc1ccc(C(C)=O)cc1COC(=O)[C@H](C)N1C(=O)[C@@H]2CC=CC[C@H]2C1=O. The van der Waals surface area contributed by atoms with E-state index in [0.717, 1.165) is 4.90 Å². The third-order valence-electron chi connectivity index (χ3n) is 5.33. The van der Waals surface area contributed by atoms with Gasteiger partial charge in [-0.05, 0) is 44.9 Å². The summed E-state index contributed by atoms with van der Waals surface area (Å²) in [5.74, 6) is -1.73. The summed E-state index contributed by atoms with van der Waals surface area (Å²) in [5, 5.41) is 0. The molecule has 0 saturated carbocycles. The van der Waals surface area contributed by atoms with Gasteiger partial charge in [0, 0.05) is 11.1 Å². The summed E-state index contributed by atoms with van der Waals surface area (Å²) in [7, 11) is 1.48. The van der Waals surface area contributed by atoms with Crippen LogP contribution in [-0.2, 0) is 25.7 Å². The molecule has 1 aromatic carbocycles. The zero-order valence-corrected chi connectivity index (χ0v) is 16.1. The predicted molar refractivity (Wildman–Crippen MR) is 99.5 cm³/mol.